The molecule has 54 valence electrons. The quantitative estimate of drug-likeness (QED) is 0.563. The summed E-state index contributed by atoms with van der Waals surface area (Å²) >= 11 is 0. The molecule has 0 bridgehead atoms. The molecule has 0 spiro atoms. The molecule has 0 N–H and O–H groups in total. The maximum absolute atomic E-state index is 11.6. The first-order valence-electron chi connectivity index (χ1n) is 3.22. The highest BCUT2D eigenvalue weighted by molar-refractivity contribution is 4.49. The molecule has 1 aliphatic heterocycles. The van der Waals surface area contributed by atoms with Gasteiger partial charge in [0.2, 0.25) is 0 Å². The minimum absolute atomic E-state index is 0.274. The van der Waals surface area contributed by atoms with Gasteiger partial charge in [-0.3, -0.25) is 4.39 Å². The zero-order chi connectivity index (χ0) is 6.53. The number of rotatable bonds is 2. The molecule has 1 rings (SSSR count). The van der Waals surface area contributed by atoms with Gasteiger partial charge in [0.1, 0.15) is 0 Å². The molecule has 0 amide bonds. The number of hydrogen-bond donors (Lipinski definition) is 0. The Balaban J connectivity index is 2.08. The summed E-state index contributed by atoms with van der Waals surface area (Å²) in [6, 6.07) is 0. The van der Waals surface area contributed by atoms with Gasteiger partial charge in [-0.1, -0.05) is 0 Å². The van der Waals surface area contributed by atoms with E-state index in [1.165, 1.54) is 0 Å². The van der Waals surface area contributed by atoms with E-state index in [0.717, 1.165) is 6.42 Å². The number of alkyl halides is 1. The van der Waals surface area contributed by atoms with Crippen molar-refractivity contribution in [3.05, 3.63) is 0 Å². The SMILES string of the molecule is FCCC1OCCCO1. The molecule has 0 aromatic rings. The van der Waals surface area contributed by atoms with Crippen LogP contribution in [-0.2, 0) is 9.47 Å². The van der Waals surface area contributed by atoms with Crippen LogP contribution in [0.4, 0.5) is 4.39 Å². The minimum Gasteiger partial charge on any atom is -0.352 e. The lowest BCUT2D eigenvalue weighted by Crippen LogP contribution is -2.25. The smallest absolute Gasteiger partial charge is 0.160 e. The van der Waals surface area contributed by atoms with Gasteiger partial charge >= 0.3 is 0 Å². The van der Waals surface area contributed by atoms with Crippen molar-refractivity contribution in [1.82, 2.24) is 0 Å². The zero-order valence-electron chi connectivity index (χ0n) is 5.31. The van der Waals surface area contributed by atoms with Gasteiger partial charge in [-0.15, -0.1) is 0 Å². The summed E-state index contributed by atoms with van der Waals surface area (Å²) in [5, 5.41) is 0. The lowest BCUT2D eigenvalue weighted by molar-refractivity contribution is -0.182. The van der Waals surface area contributed by atoms with E-state index in [0.29, 0.717) is 19.6 Å². The van der Waals surface area contributed by atoms with Gasteiger partial charge in [-0.05, 0) is 6.42 Å². The summed E-state index contributed by atoms with van der Waals surface area (Å²) in [7, 11) is 0. The fourth-order valence-electron chi connectivity index (χ4n) is 0.792. The Labute approximate surface area is 54.0 Å². The largest absolute Gasteiger partial charge is 0.352 e. The minimum atomic E-state index is -0.356. The van der Waals surface area contributed by atoms with Crippen LogP contribution in [0.25, 0.3) is 0 Å². The van der Waals surface area contributed by atoms with Crippen molar-refractivity contribution >= 4 is 0 Å². The monoisotopic (exact) mass is 134 g/mol. The van der Waals surface area contributed by atoms with Crippen molar-refractivity contribution in [2.75, 3.05) is 19.9 Å². The maximum Gasteiger partial charge on any atom is 0.160 e. The molecule has 9 heavy (non-hydrogen) atoms. The van der Waals surface area contributed by atoms with Gasteiger partial charge in [-0.2, -0.15) is 0 Å². The number of halogens is 1. The van der Waals surface area contributed by atoms with E-state index in [1.807, 2.05) is 0 Å². The molecule has 0 radical (unpaired) electrons. The Bertz CT molecular complexity index is 68.7. The Kier molecular flexibility index (Phi) is 2.94. The molecule has 0 atom stereocenters. The molecule has 1 aliphatic rings. The third-order valence-corrected chi connectivity index (χ3v) is 1.24. The average molecular weight is 134 g/mol. The summed E-state index contributed by atoms with van der Waals surface area (Å²) in [5.74, 6) is 0. The fourth-order valence-corrected chi connectivity index (χ4v) is 0.792. The van der Waals surface area contributed by atoms with Gasteiger partial charge in [0, 0.05) is 6.42 Å². The Hall–Kier alpha value is -0.150. The molecule has 2 nitrogen and oxygen atoms in total. The second-order valence-corrected chi connectivity index (χ2v) is 2.00. The lowest BCUT2D eigenvalue weighted by atomic mass is 10.4. The van der Waals surface area contributed by atoms with E-state index in [2.05, 4.69) is 0 Å². The molecular weight excluding hydrogens is 123 g/mol. The molecule has 1 saturated heterocycles. The number of ether oxygens (including phenoxy) is 2. The van der Waals surface area contributed by atoms with Gasteiger partial charge in [-0.25, -0.2) is 0 Å². The lowest BCUT2D eigenvalue weighted by Gasteiger charge is -2.21. The molecule has 1 heterocycles. The molecular formula is C6H11FO2. The summed E-state index contributed by atoms with van der Waals surface area (Å²) in [6.07, 6.45) is 1.03. The van der Waals surface area contributed by atoms with Crippen LogP contribution < -0.4 is 0 Å². The van der Waals surface area contributed by atoms with Crippen molar-refractivity contribution in [1.29, 1.82) is 0 Å². The summed E-state index contributed by atoms with van der Waals surface area (Å²) in [5.41, 5.74) is 0. The van der Waals surface area contributed by atoms with Gasteiger partial charge in [0.15, 0.2) is 6.29 Å². The van der Waals surface area contributed by atoms with Crippen LogP contribution in [0.5, 0.6) is 0 Å². The summed E-state index contributed by atoms with van der Waals surface area (Å²) in [6.45, 7) is 1.07. The second kappa shape index (κ2) is 3.80. The Morgan fingerprint density at radius 2 is 2.00 bits per heavy atom. The third-order valence-electron chi connectivity index (χ3n) is 1.24. The topological polar surface area (TPSA) is 18.5 Å². The highest BCUT2D eigenvalue weighted by Crippen LogP contribution is 2.07. The van der Waals surface area contributed by atoms with Crippen LogP contribution in [0.3, 0.4) is 0 Å². The van der Waals surface area contributed by atoms with Gasteiger partial charge in [0.05, 0.1) is 19.9 Å². The second-order valence-electron chi connectivity index (χ2n) is 2.00. The normalized spacial score (nSPS) is 22.3. The fraction of sp³-hybridized carbons (Fsp3) is 1.00. The predicted octanol–water partition coefficient (Wildman–Crippen LogP) is 1.11. The number of hydrogen-bond acceptors (Lipinski definition) is 2. The van der Waals surface area contributed by atoms with Crippen molar-refractivity contribution in [2.24, 2.45) is 0 Å². The van der Waals surface area contributed by atoms with E-state index in [4.69, 9.17) is 9.47 Å². The van der Waals surface area contributed by atoms with Crippen LogP contribution >= 0.6 is 0 Å². The summed E-state index contributed by atoms with van der Waals surface area (Å²) < 4.78 is 21.7. The molecule has 3 heteroatoms. The average Bonchev–Trinajstić information content (AvgIpc) is 1.91. The van der Waals surface area contributed by atoms with E-state index in [9.17, 15) is 4.39 Å². The van der Waals surface area contributed by atoms with Crippen LogP contribution in [0, 0.1) is 0 Å². The van der Waals surface area contributed by atoms with Crippen LogP contribution in [0.2, 0.25) is 0 Å². The standard InChI is InChI=1S/C6H11FO2/c7-3-2-6-8-4-1-5-9-6/h6H,1-5H2. The van der Waals surface area contributed by atoms with Crippen LogP contribution in [0.1, 0.15) is 12.8 Å². The molecule has 0 aliphatic carbocycles. The van der Waals surface area contributed by atoms with Gasteiger partial charge in [0.25, 0.3) is 0 Å². The van der Waals surface area contributed by atoms with E-state index >= 15 is 0 Å². The molecule has 0 aromatic carbocycles. The molecule has 0 unspecified atom stereocenters. The first-order valence-corrected chi connectivity index (χ1v) is 3.22. The van der Waals surface area contributed by atoms with Crippen molar-refractivity contribution in [3.8, 4) is 0 Å². The zero-order valence-corrected chi connectivity index (χ0v) is 5.31. The molecule has 1 fully saturated rings. The van der Waals surface area contributed by atoms with Crippen LogP contribution in [0.15, 0.2) is 0 Å². The van der Waals surface area contributed by atoms with E-state index in [1.54, 1.807) is 0 Å². The first kappa shape index (κ1) is 6.96. The predicted molar refractivity (Wildman–Crippen MR) is 30.9 cm³/mol. The maximum atomic E-state index is 11.6. The third kappa shape index (κ3) is 2.28. The highest BCUT2D eigenvalue weighted by atomic mass is 19.1. The van der Waals surface area contributed by atoms with Crippen molar-refractivity contribution in [2.45, 2.75) is 19.1 Å². The molecule has 0 saturated carbocycles. The first-order chi connectivity index (χ1) is 4.43. The summed E-state index contributed by atoms with van der Waals surface area (Å²) in [4.78, 5) is 0. The van der Waals surface area contributed by atoms with Crippen molar-refractivity contribution in [3.63, 3.8) is 0 Å². The van der Waals surface area contributed by atoms with E-state index < -0.39 is 0 Å². The Morgan fingerprint density at radius 3 is 2.56 bits per heavy atom. The van der Waals surface area contributed by atoms with Gasteiger partial charge < -0.3 is 9.47 Å². The highest BCUT2D eigenvalue weighted by Gasteiger charge is 2.12. The van der Waals surface area contributed by atoms with E-state index in [-0.39, 0.29) is 13.0 Å². The van der Waals surface area contributed by atoms with Crippen molar-refractivity contribution < 1.29 is 13.9 Å². The van der Waals surface area contributed by atoms with Crippen LogP contribution in [-0.4, -0.2) is 26.2 Å². The Morgan fingerprint density at radius 1 is 1.33 bits per heavy atom. The molecule has 0 aromatic heterocycles.